The molecule has 0 aliphatic carbocycles. The number of ether oxygens (including phenoxy) is 2. The lowest BCUT2D eigenvalue weighted by Crippen LogP contribution is -2.34. The van der Waals surface area contributed by atoms with Gasteiger partial charge in [0.2, 0.25) is 6.79 Å². The van der Waals surface area contributed by atoms with E-state index >= 15 is 0 Å². The van der Waals surface area contributed by atoms with Crippen LogP contribution in [-0.4, -0.2) is 46.1 Å². The minimum Gasteiger partial charge on any atom is -0.427 e. The summed E-state index contributed by atoms with van der Waals surface area (Å²) >= 11 is -2.27. The number of carbonyl (C=O) groups excluding carboxylic acids is 2. The standard InChI is InChI=1S/C10H18FNO6S/c1-10(2,3)8(13)17-6-18-9(14)12-4-7(11)5-19(15)16/h7H,4-6H2,1-3H3,(H,12,14)(H,15,16)/t7-/m0/s1. The zero-order valence-corrected chi connectivity index (χ0v) is 11.8. The summed E-state index contributed by atoms with van der Waals surface area (Å²) in [6.45, 7) is 3.87. The fourth-order valence-corrected chi connectivity index (χ4v) is 1.24. The van der Waals surface area contributed by atoms with Gasteiger partial charge in [0, 0.05) is 0 Å². The van der Waals surface area contributed by atoms with E-state index in [4.69, 9.17) is 4.55 Å². The lowest BCUT2D eigenvalue weighted by molar-refractivity contribution is -0.161. The number of hydrogen-bond acceptors (Lipinski definition) is 5. The lowest BCUT2D eigenvalue weighted by Gasteiger charge is -2.16. The third-order valence-corrected chi connectivity index (χ3v) is 2.43. The fraction of sp³-hybridized carbons (Fsp3) is 0.800. The van der Waals surface area contributed by atoms with Gasteiger partial charge in [0.1, 0.15) is 6.17 Å². The monoisotopic (exact) mass is 299 g/mol. The first kappa shape index (κ1) is 17.8. The van der Waals surface area contributed by atoms with Gasteiger partial charge in [0.25, 0.3) is 0 Å². The van der Waals surface area contributed by atoms with E-state index in [-0.39, 0.29) is 0 Å². The van der Waals surface area contributed by atoms with E-state index in [1.54, 1.807) is 20.8 Å². The molecule has 0 spiro atoms. The van der Waals surface area contributed by atoms with Gasteiger partial charge in [-0.1, -0.05) is 0 Å². The summed E-state index contributed by atoms with van der Waals surface area (Å²) in [5.41, 5.74) is -0.713. The number of esters is 1. The number of hydrogen-bond donors (Lipinski definition) is 2. The molecule has 0 aromatic carbocycles. The van der Waals surface area contributed by atoms with Gasteiger partial charge >= 0.3 is 12.1 Å². The van der Waals surface area contributed by atoms with Crippen molar-refractivity contribution in [3.8, 4) is 0 Å². The Labute approximate surface area is 113 Å². The predicted molar refractivity (Wildman–Crippen MR) is 65.4 cm³/mol. The Morgan fingerprint density at radius 2 is 1.95 bits per heavy atom. The highest BCUT2D eigenvalue weighted by Crippen LogP contribution is 2.14. The van der Waals surface area contributed by atoms with Crippen molar-refractivity contribution >= 4 is 23.1 Å². The van der Waals surface area contributed by atoms with Crippen LogP contribution in [0.15, 0.2) is 0 Å². The normalized spacial score (nSPS) is 14.4. The van der Waals surface area contributed by atoms with Gasteiger partial charge in [-0.15, -0.1) is 0 Å². The van der Waals surface area contributed by atoms with Gasteiger partial charge in [-0.25, -0.2) is 13.4 Å². The molecule has 1 amide bonds. The quantitative estimate of drug-likeness (QED) is 0.428. The molecule has 9 heteroatoms. The van der Waals surface area contributed by atoms with Crippen molar-refractivity contribution in [2.75, 3.05) is 19.1 Å². The highest BCUT2D eigenvalue weighted by atomic mass is 32.2. The molecule has 1 unspecified atom stereocenters. The third kappa shape index (κ3) is 9.37. The Kier molecular flexibility index (Phi) is 7.53. The number of alkyl carbamates (subject to hydrolysis) is 1. The van der Waals surface area contributed by atoms with Crippen LogP contribution in [0.1, 0.15) is 20.8 Å². The molecule has 7 nitrogen and oxygen atoms in total. The van der Waals surface area contributed by atoms with Crippen LogP contribution in [0.2, 0.25) is 0 Å². The average molecular weight is 299 g/mol. The SMILES string of the molecule is CC(C)(C)C(=O)OCOC(=O)NC[C@H](F)CS(=O)O. The molecule has 0 rings (SSSR count). The van der Waals surface area contributed by atoms with Gasteiger partial charge in [0.05, 0.1) is 17.7 Å². The van der Waals surface area contributed by atoms with E-state index in [1.807, 2.05) is 5.32 Å². The third-order valence-electron chi connectivity index (χ3n) is 1.78. The Morgan fingerprint density at radius 1 is 1.37 bits per heavy atom. The zero-order valence-electron chi connectivity index (χ0n) is 11.0. The molecule has 0 fully saturated rings. The van der Waals surface area contributed by atoms with Crippen LogP contribution in [0.25, 0.3) is 0 Å². The summed E-state index contributed by atoms with van der Waals surface area (Å²) in [5, 5.41) is 2.03. The highest BCUT2D eigenvalue weighted by Gasteiger charge is 2.23. The second-order valence-electron chi connectivity index (χ2n) is 4.70. The predicted octanol–water partition coefficient (Wildman–Crippen LogP) is 0.819. The van der Waals surface area contributed by atoms with Crippen LogP contribution in [0, 0.1) is 5.41 Å². The molecule has 0 saturated heterocycles. The van der Waals surface area contributed by atoms with Crippen molar-refractivity contribution in [2.24, 2.45) is 5.41 Å². The Hall–Kier alpha value is -1.22. The minimum absolute atomic E-state index is 0.460. The van der Waals surface area contributed by atoms with Crippen molar-refractivity contribution in [1.29, 1.82) is 0 Å². The summed E-state index contributed by atoms with van der Waals surface area (Å²) in [7, 11) is 0. The molecule has 0 aromatic rings. The van der Waals surface area contributed by atoms with E-state index in [2.05, 4.69) is 9.47 Å². The molecule has 0 heterocycles. The molecule has 19 heavy (non-hydrogen) atoms. The molecule has 112 valence electrons. The maximum absolute atomic E-state index is 12.9. The van der Waals surface area contributed by atoms with Crippen molar-refractivity contribution in [1.82, 2.24) is 5.32 Å². The lowest BCUT2D eigenvalue weighted by atomic mass is 9.98. The number of rotatable bonds is 6. The number of halogens is 1. The fourth-order valence-electron chi connectivity index (χ4n) is 0.812. The van der Waals surface area contributed by atoms with E-state index < -0.39 is 53.8 Å². The first-order chi connectivity index (χ1) is 8.62. The molecule has 0 saturated carbocycles. The van der Waals surface area contributed by atoms with E-state index in [9.17, 15) is 18.2 Å². The second-order valence-corrected chi connectivity index (χ2v) is 5.67. The molecule has 0 bridgehead atoms. The molecule has 0 aliphatic heterocycles. The molecule has 0 radical (unpaired) electrons. The van der Waals surface area contributed by atoms with Crippen LogP contribution in [0.5, 0.6) is 0 Å². The van der Waals surface area contributed by atoms with E-state index in [0.717, 1.165) is 0 Å². The summed E-state index contributed by atoms with van der Waals surface area (Å²) in [4.78, 5) is 22.3. The first-order valence-electron chi connectivity index (χ1n) is 5.42. The van der Waals surface area contributed by atoms with E-state index in [0.29, 0.717) is 0 Å². The molecule has 2 atom stereocenters. The number of alkyl halides is 1. The van der Waals surface area contributed by atoms with Gasteiger partial charge in [0.15, 0.2) is 11.1 Å². The van der Waals surface area contributed by atoms with Crippen molar-refractivity contribution in [3.63, 3.8) is 0 Å². The Balaban J connectivity index is 3.77. The van der Waals surface area contributed by atoms with Crippen molar-refractivity contribution in [3.05, 3.63) is 0 Å². The molecular formula is C10H18FNO6S. The molecule has 0 aliphatic rings. The largest absolute Gasteiger partial charge is 0.427 e. The summed E-state index contributed by atoms with van der Waals surface area (Å²) in [5.74, 6) is -1.14. The van der Waals surface area contributed by atoms with Crippen LogP contribution in [0.4, 0.5) is 9.18 Å². The molecule has 0 aromatic heterocycles. The maximum atomic E-state index is 12.9. The van der Waals surface area contributed by atoms with Gasteiger partial charge in [-0.2, -0.15) is 0 Å². The van der Waals surface area contributed by atoms with Gasteiger partial charge < -0.3 is 19.3 Å². The van der Waals surface area contributed by atoms with Crippen LogP contribution >= 0.6 is 0 Å². The first-order valence-corrected chi connectivity index (χ1v) is 6.70. The number of carbonyl (C=O) groups is 2. The topological polar surface area (TPSA) is 102 Å². The Morgan fingerprint density at radius 3 is 2.42 bits per heavy atom. The van der Waals surface area contributed by atoms with Gasteiger partial charge in [-0.05, 0) is 20.8 Å². The van der Waals surface area contributed by atoms with Gasteiger partial charge in [-0.3, -0.25) is 4.79 Å². The molecular weight excluding hydrogens is 281 g/mol. The Bertz CT molecular complexity index is 343. The van der Waals surface area contributed by atoms with Crippen molar-refractivity contribution in [2.45, 2.75) is 26.9 Å². The minimum atomic E-state index is -2.27. The van der Waals surface area contributed by atoms with E-state index in [1.165, 1.54) is 0 Å². The number of amides is 1. The highest BCUT2D eigenvalue weighted by molar-refractivity contribution is 7.79. The average Bonchev–Trinajstić information content (AvgIpc) is 2.24. The van der Waals surface area contributed by atoms with Crippen molar-refractivity contribution < 1.29 is 32.2 Å². The maximum Gasteiger partial charge on any atom is 0.410 e. The number of nitrogens with one attached hydrogen (secondary N) is 1. The second kappa shape index (κ2) is 8.05. The summed E-state index contributed by atoms with van der Waals surface area (Å²) in [6.07, 6.45) is -2.64. The molecule has 2 N–H and O–H groups in total. The van der Waals surface area contributed by atoms with Crippen LogP contribution < -0.4 is 5.32 Å². The van der Waals surface area contributed by atoms with Crippen LogP contribution in [-0.2, 0) is 25.3 Å². The summed E-state index contributed by atoms with van der Waals surface area (Å²) < 4.78 is 40.7. The van der Waals surface area contributed by atoms with Crippen LogP contribution in [0.3, 0.4) is 0 Å². The zero-order chi connectivity index (χ0) is 15.1. The summed E-state index contributed by atoms with van der Waals surface area (Å²) in [6, 6.07) is 0. The smallest absolute Gasteiger partial charge is 0.410 e.